The summed E-state index contributed by atoms with van der Waals surface area (Å²) in [5.74, 6) is -0.666. The van der Waals surface area contributed by atoms with E-state index < -0.39 is 5.97 Å². The van der Waals surface area contributed by atoms with E-state index in [1.165, 1.54) is 180 Å². The fourth-order valence-electron chi connectivity index (χ4n) is 6.70. The van der Waals surface area contributed by atoms with Gasteiger partial charge in [0.25, 0.3) is 0 Å². The molecule has 0 bridgehead atoms. The first-order chi connectivity index (χ1) is 23.6. The third kappa shape index (κ3) is 39.3. The molecular weight excluding hydrogens is 596 g/mol. The Morgan fingerprint density at radius 2 is 0.896 bits per heavy atom. The van der Waals surface area contributed by atoms with Crippen LogP contribution in [0.3, 0.4) is 0 Å². The monoisotopic (exact) mass is 681 g/mol. The van der Waals surface area contributed by atoms with E-state index in [0.717, 1.165) is 45.2 Å². The number of nitrogens with one attached hydrogen (secondary N) is 1. The normalized spacial score (nSPS) is 12.0. The average Bonchev–Trinajstić information content (AvgIpc) is 3.08. The zero-order chi connectivity index (χ0) is 35.0. The maximum Gasteiger partial charge on any atom is 0.305 e. The van der Waals surface area contributed by atoms with Crippen LogP contribution in [-0.4, -0.2) is 42.8 Å². The van der Waals surface area contributed by atoms with Gasteiger partial charge in [-0.3, -0.25) is 9.59 Å². The Morgan fingerprint density at radius 3 is 1.33 bits per heavy atom. The van der Waals surface area contributed by atoms with Crippen molar-refractivity contribution in [3.05, 3.63) is 0 Å². The molecule has 1 atom stereocenters. The second kappa shape index (κ2) is 40.3. The molecule has 0 fully saturated rings. The number of rotatable bonds is 41. The number of carbonyl (C=O) groups excluding carboxylic acids is 1. The molecular formula is C42H84N2O4. The molecule has 0 rings (SSSR count). The van der Waals surface area contributed by atoms with Gasteiger partial charge in [-0.1, -0.05) is 187 Å². The van der Waals surface area contributed by atoms with E-state index in [2.05, 4.69) is 12.2 Å². The standard InChI is InChI=1S/C42H84N2O4/c1-2-3-4-5-6-7-8-9-10-11-18-23-28-33-38-48-42(47)36-31-26-21-16-13-17-22-27-32-37-44-40(39-43)34-29-24-19-14-12-15-20-25-30-35-41(45)46/h40,44H,2-39,43H2,1H3,(H,45,46). The first kappa shape index (κ1) is 46.9. The van der Waals surface area contributed by atoms with Gasteiger partial charge in [-0.2, -0.15) is 0 Å². The fraction of sp³-hybridized carbons (Fsp3) is 0.952. The number of aliphatic carboxylic acids is 1. The second-order valence-corrected chi connectivity index (χ2v) is 14.7. The number of carboxylic acids is 1. The molecule has 6 heteroatoms. The highest BCUT2D eigenvalue weighted by molar-refractivity contribution is 5.69. The van der Waals surface area contributed by atoms with Gasteiger partial charge < -0.3 is 20.9 Å². The second-order valence-electron chi connectivity index (χ2n) is 14.7. The summed E-state index contributed by atoms with van der Waals surface area (Å²) in [6, 6.07) is 0.459. The zero-order valence-corrected chi connectivity index (χ0v) is 32.2. The molecule has 0 saturated carbocycles. The summed E-state index contributed by atoms with van der Waals surface area (Å²) in [5, 5.41) is 12.3. The average molecular weight is 681 g/mol. The number of hydrogen-bond acceptors (Lipinski definition) is 5. The van der Waals surface area contributed by atoms with Crippen LogP contribution in [0.5, 0.6) is 0 Å². The summed E-state index contributed by atoms with van der Waals surface area (Å²) in [7, 11) is 0. The van der Waals surface area contributed by atoms with E-state index in [-0.39, 0.29) is 5.97 Å². The van der Waals surface area contributed by atoms with E-state index in [1.54, 1.807) is 0 Å². The lowest BCUT2D eigenvalue weighted by Crippen LogP contribution is -2.36. The quantitative estimate of drug-likeness (QED) is 0.0439. The van der Waals surface area contributed by atoms with Crippen LogP contribution >= 0.6 is 0 Å². The van der Waals surface area contributed by atoms with Gasteiger partial charge >= 0.3 is 11.9 Å². The third-order valence-corrected chi connectivity index (χ3v) is 9.98. The Labute approximate surface area is 299 Å². The van der Waals surface area contributed by atoms with Crippen LogP contribution in [0, 0.1) is 0 Å². The molecule has 0 aliphatic rings. The molecule has 0 aliphatic carbocycles. The van der Waals surface area contributed by atoms with Gasteiger partial charge in [0.05, 0.1) is 6.61 Å². The van der Waals surface area contributed by atoms with E-state index in [9.17, 15) is 9.59 Å². The Hall–Kier alpha value is -1.14. The Balaban J connectivity index is 3.31. The van der Waals surface area contributed by atoms with Crippen molar-refractivity contribution in [2.75, 3.05) is 19.7 Å². The summed E-state index contributed by atoms with van der Waals surface area (Å²) < 4.78 is 5.45. The lowest BCUT2D eigenvalue weighted by atomic mass is 10.0. The number of nitrogens with two attached hydrogens (primary N) is 1. The van der Waals surface area contributed by atoms with Crippen molar-refractivity contribution in [3.63, 3.8) is 0 Å². The van der Waals surface area contributed by atoms with Crippen molar-refractivity contribution in [1.29, 1.82) is 0 Å². The highest BCUT2D eigenvalue weighted by atomic mass is 16.5. The molecule has 0 radical (unpaired) electrons. The van der Waals surface area contributed by atoms with Gasteiger partial charge in [0.1, 0.15) is 0 Å². The van der Waals surface area contributed by atoms with Crippen LogP contribution in [0.4, 0.5) is 0 Å². The summed E-state index contributed by atoms with van der Waals surface area (Å²) in [6.45, 7) is 4.71. The van der Waals surface area contributed by atoms with Crippen LogP contribution in [0.15, 0.2) is 0 Å². The van der Waals surface area contributed by atoms with Crippen LogP contribution in [0.25, 0.3) is 0 Å². The van der Waals surface area contributed by atoms with Crippen molar-refractivity contribution < 1.29 is 19.4 Å². The van der Waals surface area contributed by atoms with E-state index >= 15 is 0 Å². The van der Waals surface area contributed by atoms with Crippen molar-refractivity contribution in [2.45, 2.75) is 238 Å². The molecule has 0 aromatic rings. The maximum absolute atomic E-state index is 12.0. The molecule has 1 unspecified atom stereocenters. The van der Waals surface area contributed by atoms with Crippen molar-refractivity contribution >= 4 is 11.9 Å². The minimum atomic E-state index is -0.671. The van der Waals surface area contributed by atoms with Crippen LogP contribution in [-0.2, 0) is 14.3 Å². The first-order valence-corrected chi connectivity index (χ1v) is 21.4. The largest absolute Gasteiger partial charge is 0.481 e. The summed E-state index contributed by atoms with van der Waals surface area (Å²) in [6.07, 6.45) is 42.8. The summed E-state index contributed by atoms with van der Waals surface area (Å²) in [5.41, 5.74) is 6.00. The van der Waals surface area contributed by atoms with E-state index in [0.29, 0.717) is 25.5 Å². The van der Waals surface area contributed by atoms with Crippen LogP contribution in [0.1, 0.15) is 232 Å². The lowest BCUT2D eigenvalue weighted by molar-refractivity contribution is -0.144. The minimum Gasteiger partial charge on any atom is -0.481 e. The van der Waals surface area contributed by atoms with Gasteiger partial charge in [0.2, 0.25) is 0 Å². The number of carboxylic acid groups (broad SMARTS) is 1. The van der Waals surface area contributed by atoms with Gasteiger partial charge in [-0.05, 0) is 38.6 Å². The van der Waals surface area contributed by atoms with Crippen LogP contribution < -0.4 is 11.1 Å². The number of esters is 1. The van der Waals surface area contributed by atoms with Crippen molar-refractivity contribution in [1.82, 2.24) is 5.32 Å². The number of unbranched alkanes of at least 4 members (excludes halogenated alkanes) is 29. The number of carbonyl (C=O) groups is 2. The predicted molar refractivity (Wildman–Crippen MR) is 207 cm³/mol. The molecule has 0 heterocycles. The zero-order valence-electron chi connectivity index (χ0n) is 32.2. The SMILES string of the molecule is CCCCCCCCCCCCCCCCOC(=O)CCCCCCCCCCCNC(CN)CCCCCCCCCCCC(=O)O. The Kier molecular flexibility index (Phi) is 39.3. The maximum atomic E-state index is 12.0. The molecule has 0 spiro atoms. The van der Waals surface area contributed by atoms with Gasteiger partial charge in [0, 0.05) is 25.4 Å². The molecule has 6 nitrogen and oxygen atoms in total. The Bertz CT molecular complexity index is 660. The predicted octanol–water partition coefficient (Wildman–Crippen LogP) is 12.2. The van der Waals surface area contributed by atoms with E-state index in [4.69, 9.17) is 15.6 Å². The lowest BCUT2D eigenvalue weighted by Gasteiger charge is -2.16. The fourth-order valence-corrected chi connectivity index (χ4v) is 6.70. The first-order valence-electron chi connectivity index (χ1n) is 21.4. The van der Waals surface area contributed by atoms with E-state index in [1.807, 2.05) is 0 Å². The smallest absolute Gasteiger partial charge is 0.305 e. The molecule has 0 saturated heterocycles. The molecule has 0 amide bonds. The highest BCUT2D eigenvalue weighted by Crippen LogP contribution is 2.15. The Morgan fingerprint density at radius 1 is 0.521 bits per heavy atom. The van der Waals surface area contributed by atoms with Crippen molar-refractivity contribution in [3.8, 4) is 0 Å². The number of ether oxygens (including phenoxy) is 1. The molecule has 0 aromatic heterocycles. The number of hydrogen-bond donors (Lipinski definition) is 3. The topological polar surface area (TPSA) is 102 Å². The molecule has 0 aromatic carbocycles. The summed E-state index contributed by atoms with van der Waals surface area (Å²) >= 11 is 0. The van der Waals surface area contributed by atoms with Gasteiger partial charge in [0.15, 0.2) is 0 Å². The highest BCUT2D eigenvalue weighted by Gasteiger charge is 2.06. The van der Waals surface area contributed by atoms with Gasteiger partial charge in [-0.15, -0.1) is 0 Å². The van der Waals surface area contributed by atoms with Crippen LogP contribution in [0.2, 0.25) is 0 Å². The molecule has 4 N–H and O–H groups in total. The minimum absolute atomic E-state index is 0.00453. The van der Waals surface area contributed by atoms with Gasteiger partial charge in [-0.25, -0.2) is 0 Å². The van der Waals surface area contributed by atoms with Crippen molar-refractivity contribution in [2.24, 2.45) is 5.73 Å². The summed E-state index contributed by atoms with van der Waals surface area (Å²) in [4.78, 5) is 22.5. The molecule has 286 valence electrons. The molecule has 48 heavy (non-hydrogen) atoms. The molecule has 0 aliphatic heterocycles. The third-order valence-electron chi connectivity index (χ3n) is 9.98.